The molecule has 1 rings (SSSR count). The van der Waals surface area contributed by atoms with Crippen molar-refractivity contribution in [1.29, 1.82) is 0 Å². The highest BCUT2D eigenvalue weighted by Crippen LogP contribution is 2.12. The van der Waals surface area contributed by atoms with Gasteiger partial charge in [-0.2, -0.15) is 0 Å². The molecule has 0 saturated heterocycles. The molecule has 0 saturated carbocycles. The summed E-state index contributed by atoms with van der Waals surface area (Å²) in [6, 6.07) is 6.44. The number of ether oxygens (including phenoxy) is 1. The van der Waals surface area contributed by atoms with Crippen LogP contribution in [-0.2, 0) is 26.0 Å². The van der Waals surface area contributed by atoms with Crippen LogP contribution in [0.4, 0.5) is 0 Å². The highest BCUT2D eigenvalue weighted by molar-refractivity contribution is 7.90. The van der Waals surface area contributed by atoms with E-state index in [2.05, 4.69) is 0 Å². The molecule has 0 spiro atoms. The maximum atomic E-state index is 11.4. The van der Waals surface area contributed by atoms with Gasteiger partial charge in [-0.25, -0.2) is 8.42 Å². The predicted molar refractivity (Wildman–Crippen MR) is 68.9 cm³/mol. The Bertz CT molecular complexity index is 505. The SMILES string of the molecule is CCCCC(=O)OCc1cccc(S(C)(=O)=O)c1. The molecule has 0 amide bonds. The zero-order chi connectivity index (χ0) is 13.6. The predicted octanol–water partition coefficient (Wildman–Crippen LogP) is 2.32. The van der Waals surface area contributed by atoms with Crippen LogP contribution >= 0.6 is 0 Å². The summed E-state index contributed by atoms with van der Waals surface area (Å²) in [7, 11) is -3.22. The number of rotatable bonds is 6. The van der Waals surface area contributed by atoms with E-state index < -0.39 is 9.84 Å². The number of hydrogen-bond donors (Lipinski definition) is 0. The van der Waals surface area contributed by atoms with Gasteiger partial charge in [-0.15, -0.1) is 0 Å². The van der Waals surface area contributed by atoms with Gasteiger partial charge in [0.15, 0.2) is 9.84 Å². The molecule has 0 aliphatic carbocycles. The molecule has 0 unspecified atom stereocenters. The maximum Gasteiger partial charge on any atom is 0.306 e. The van der Waals surface area contributed by atoms with Crippen molar-refractivity contribution in [2.24, 2.45) is 0 Å². The smallest absolute Gasteiger partial charge is 0.306 e. The third-order valence-corrected chi connectivity index (χ3v) is 3.57. The van der Waals surface area contributed by atoms with Gasteiger partial charge >= 0.3 is 5.97 Å². The lowest BCUT2D eigenvalue weighted by atomic mass is 10.2. The van der Waals surface area contributed by atoms with Crippen molar-refractivity contribution in [3.05, 3.63) is 29.8 Å². The third-order valence-electron chi connectivity index (χ3n) is 2.46. The molecule has 0 aliphatic rings. The number of sulfone groups is 1. The molecule has 0 bridgehead atoms. The van der Waals surface area contributed by atoms with Crippen molar-refractivity contribution < 1.29 is 17.9 Å². The summed E-state index contributed by atoms with van der Waals surface area (Å²) in [6.07, 6.45) is 3.31. The lowest BCUT2D eigenvalue weighted by molar-refractivity contribution is -0.145. The topological polar surface area (TPSA) is 60.4 Å². The largest absolute Gasteiger partial charge is 0.461 e. The van der Waals surface area contributed by atoms with Crippen molar-refractivity contribution in [2.45, 2.75) is 37.7 Å². The van der Waals surface area contributed by atoms with Crippen molar-refractivity contribution >= 4 is 15.8 Å². The molecule has 5 heteroatoms. The number of hydrogen-bond acceptors (Lipinski definition) is 4. The maximum absolute atomic E-state index is 11.4. The molecule has 100 valence electrons. The molecule has 0 fully saturated rings. The summed E-state index contributed by atoms with van der Waals surface area (Å²) in [5, 5.41) is 0. The van der Waals surface area contributed by atoms with E-state index >= 15 is 0 Å². The van der Waals surface area contributed by atoms with Gasteiger partial charge in [0, 0.05) is 12.7 Å². The van der Waals surface area contributed by atoms with Crippen LogP contribution in [0.25, 0.3) is 0 Å². The van der Waals surface area contributed by atoms with Gasteiger partial charge in [0.1, 0.15) is 6.61 Å². The van der Waals surface area contributed by atoms with E-state index in [0.717, 1.165) is 19.1 Å². The number of esters is 1. The molecule has 0 N–H and O–H groups in total. The first kappa shape index (κ1) is 14.7. The molecule has 1 aromatic carbocycles. The van der Waals surface area contributed by atoms with Crippen LogP contribution in [0.3, 0.4) is 0 Å². The van der Waals surface area contributed by atoms with Crippen molar-refractivity contribution in [2.75, 3.05) is 6.26 Å². The Morgan fingerprint density at radius 2 is 2.06 bits per heavy atom. The normalized spacial score (nSPS) is 11.2. The van der Waals surface area contributed by atoms with Gasteiger partial charge in [-0.05, 0) is 24.1 Å². The van der Waals surface area contributed by atoms with E-state index in [1.165, 1.54) is 12.1 Å². The van der Waals surface area contributed by atoms with Gasteiger partial charge in [0.2, 0.25) is 0 Å². The average Bonchev–Trinajstić information content (AvgIpc) is 2.33. The molecular weight excluding hydrogens is 252 g/mol. The van der Waals surface area contributed by atoms with E-state index in [4.69, 9.17) is 4.74 Å². The van der Waals surface area contributed by atoms with Crippen molar-refractivity contribution in [3.8, 4) is 0 Å². The number of benzene rings is 1. The summed E-state index contributed by atoms with van der Waals surface area (Å²) in [4.78, 5) is 11.6. The van der Waals surface area contributed by atoms with Crippen molar-refractivity contribution in [3.63, 3.8) is 0 Å². The van der Waals surface area contributed by atoms with Crippen LogP contribution in [0.5, 0.6) is 0 Å². The van der Waals surface area contributed by atoms with Crippen LogP contribution < -0.4 is 0 Å². The Balaban J connectivity index is 2.61. The fraction of sp³-hybridized carbons (Fsp3) is 0.462. The summed E-state index contributed by atoms with van der Waals surface area (Å²) < 4.78 is 27.8. The number of carbonyl (C=O) groups is 1. The highest BCUT2D eigenvalue weighted by Gasteiger charge is 2.08. The molecular formula is C13H18O4S. The second-order valence-electron chi connectivity index (χ2n) is 4.18. The highest BCUT2D eigenvalue weighted by atomic mass is 32.2. The number of unbranched alkanes of at least 4 members (excludes halogenated alkanes) is 1. The minimum Gasteiger partial charge on any atom is -0.461 e. The first-order valence-electron chi connectivity index (χ1n) is 5.88. The Morgan fingerprint density at radius 1 is 1.33 bits per heavy atom. The zero-order valence-corrected chi connectivity index (χ0v) is 11.5. The Kier molecular flexibility index (Phi) is 5.34. The first-order valence-corrected chi connectivity index (χ1v) is 7.77. The first-order chi connectivity index (χ1) is 8.43. The second-order valence-corrected chi connectivity index (χ2v) is 6.20. The quantitative estimate of drug-likeness (QED) is 0.744. The standard InChI is InChI=1S/C13H18O4S/c1-3-4-8-13(14)17-10-11-6-5-7-12(9-11)18(2,15)16/h5-7,9H,3-4,8,10H2,1-2H3. The van der Waals surface area contributed by atoms with Crippen LogP contribution in [0.1, 0.15) is 31.7 Å². The molecule has 4 nitrogen and oxygen atoms in total. The molecule has 0 atom stereocenters. The molecule has 0 heterocycles. The summed E-state index contributed by atoms with van der Waals surface area (Å²) in [6.45, 7) is 2.12. The lowest BCUT2D eigenvalue weighted by Gasteiger charge is -2.06. The third kappa shape index (κ3) is 4.87. The Labute approximate surface area is 108 Å². The molecule has 1 aromatic rings. The van der Waals surface area contributed by atoms with Gasteiger partial charge in [-0.3, -0.25) is 4.79 Å². The molecule has 0 aliphatic heterocycles. The fourth-order valence-corrected chi connectivity index (χ4v) is 2.11. The van der Waals surface area contributed by atoms with Gasteiger partial charge in [0.05, 0.1) is 4.90 Å². The van der Waals surface area contributed by atoms with E-state index in [1.54, 1.807) is 12.1 Å². The monoisotopic (exact) mass is 270 g/mol. The summed E-state index contributed by atoms with van der Waals surface area (Å²) in [5.74, 6) is -0.249. The fourth-order valence-electron chi connectivity index (χ4n) is 1.42. The zero-order valence-electron chi connectivity index (χ0n) is 10.7. The van der Waals surface area contributed by atoms with E-state index in [-0.39, 0.29) is 17.5 Å². The van der Waals surface area contributed by atoms with Crippen LogP contribution in [0.2, 0.25) is 0 Å². The molecule has 0 radical (unpaired) electrons. The van der Waals surface area contributed by atoms with Crippen LogP contribution in [0, 0.1) is 0 Å². The lowest BCUT2D eigenvalue weighted by Crippen LogP contribution is -2.05. The van der Waals surface area contributed by atoms with E-state index in [1.807, 2.05) is 6.92 Å². The minimum atomic E-state index is -3.22. The second kappa shape index (κ2) is 6.54. The van der Waals surface area contributed by atoms with Gasteiger partial charge in [-0.1, -0.05) is 25.5 Å². The summed E-state index contributed by atoms with van der Waals surface area (Å²) in [5.41, 5.74) is 0.683. The number of carbonyl (C=O) groups excluding carboxylic acids is 1. The van der Waals surface area contributed by atoms with Gasteiger partial charge in [0.25, 0.3) is 0 Å². The van der Waals surface area contributed by atoms with Crippen LogP contribution in [-0.4, -0.2) is 20.6 Å². The minimum absolute atomic E-state index is 0.117. The Hall–Kier alpha value is -1.36. The molecule has 0 aromatic heterocycles. The van der Waals surface area contributed by atoms with Crippen LogP contribution in [0.15, 0.2) is 29.2 Å². The Morgan fingerprint density at radius 3 is 2.67 bits per heavy atom. The van der Waals surface area contributed by atoms with E-state index in [9.17, 15) is 13.2 Å². The molecule has 18 heavy (non-hydrogen) atoms. The summed E-state index contributed by atoms with van der Waals surface area (Å²) >= 11 is 0. The van der Waals surface area contributed by atoms with Crippen molar-refractivity contribution in [1.82, 2.24) is 0 Å². The average molecular weight is 270 g/mol. The van der Waals surface area contributed by atoms with E-state index in [0.29, 0.717) is 12.0 Å². The van der Waals surface area contributed by atoms with Gasteiger partial charge < -0.3 is 4.74 Å².